The van der Waals surface area contributed by atoms with Crippen LogP contribution in [0.2, 0.25) is 0 Å². The third kappa shape index (κ3) is 5.72. The molecule has 2 rings (SSSR count). The number of ether oxygens (including phenoxy) is 1. The lowest BCUT2D eigenvalue weighted by atomic mass is 9.79. The summed E-state index contributed by atoms with van der Waals surface area (Å²) in [5, 5.41) is 6.38. The van der Waals surface area contributed by atoms with Gasteiger partial charge in [-0.25, -0.2) is 0 Å². The molecule has 7 heteroatoms. The van der Waals surface area contributed by atoms with Crippen LogP contribution in [0.1, 0.15) is 28.8 Å². The SMILES string of the molecule is COCC1(CNC(=O)c2cncc(C)c2)CCNCC1.Cl.Cl. The van der Waals surface area contributed by atoms with Crippen LogP contribution in [-0.4, -0.2) is 44.2 Å². The van der Waals surface area contributed by atoms with Gasteiger partial charge in [0.1, 0.15) is 0 Å². The topological polar surface area (TPSA) is 63.2 Å². The van der Waals surface area contributed by atoms with Crippen molar-refractivity contribution in [3.8, 4) is 0 Å². The number of aryl methyl sites for hydroxylation is 1. The van der Waals surface area contributed by atoms with Crippen LogP contribution < -0.4 is 10.6 Å². The number of hydrogen-bond donors (Lipinski definition) is 2. The predicted molar refractivity (Wildman–Crippen MR) is 92.2 cm³/mol. The maximum absolute atomic E-state index is 12.2. The van der Waals surface area contributed by atoms with Gasteiger partial charge in [0.25, 0.3) is 5.91 Å². The van der Waals surface area contributed by atoms with E-state index in [0.717, 1.165) is 31.5 Å². The highest BCUT2D eigenvalue weighted by Gasteiger charge is 2.32. The van der Waals surface area contributed by atoms with Gasteiger partial charge >= 0.3 is 0 Å². The normalized spacial score (nSPS) is 16.1. The Labute approximate surface area is 144 Å². The molecular formula is C15H25Cl2N3O2. The molecule has 1 fully saturated rings. The van der Waals surface area contributed by atoms with E-state index in [0.29, 0.717) is 18.7 Å². The molecule has 0 aliphatic carbocycles. The van der Waals surface area contributed by atoms with Gasteiger partial charge in [-0.3, -0.25) is 9.78 Å². The number of carbonyl (C=O) groups is 1. The van der Waals surface area contributed by atoms with E-state index < -0.39 is 0 Å². The lowest BCUT2D eigenvalue weighted by Crippen LogP contribution is -2.47. The van der Waals surface area contributed by atoms with Crippen LogP contribution in [0.3, 0.4) is 0 Å². The highest BCUT2D eigenvalue weighted by atomic mass is 35.5. The van der Waals surface area contributed by atoms with Crippen LogP contribution in [0.5, 0.6) is 0 Å². The maximum Gasteiger partial charge on any atom is 0.252 e. The van der Waals surface area contributed by atoms with Gasteiger partial charge in [-0.1, -0.05) is 0 Å². The van der Waals surface area contributed by atoms with Crippen LogP contribution in [-0.2, 0) is 4.74 Å². The Bertz CT molecular complexity index is 460. The minimum atomic E-state index is -0.0600. The van der Waals surface area contributed by atoms with Crippen molar-refractivity contribution in [2.45, 2.75) is 19.8 Å². The van der Waals surface area contributed by atoms with Gasteiger partial charge in [-0.05, 0) is 44.5 Å². The van der Waals surface area contributed by atoms with Gasteiger partial charge in [-0.15, -0.1) is 24.8 Å². The number of piperidine rings is 1. The molecule has 1 aromatic heterocycles. The summed E-state index contributed by atoms with van der Waals surface area (Å²) in [7, 11) is 1.72. The second-order valence-electron chi connectivity index (χ2n) is 5.62. The van der Waals surface area contributed by atoms with E-state index in [1.807, 2.05) is 13.0 Å². The summed E-state index contributed by atoms with van der Waals surface area (Å²) < 4.78 is 5.35. The van der Waals surface area contributed by atoms with E-state index in [1.54, 1.807) is 19.5 Å². The summed E-state index contributed by atoms with van der Waals surface area (Å²) in [6.07, 6.45) is 5.39. The largest absolute Gasteiger partial charge is 0.384 e. The molecule has 22 heavy (non-hydrogen) atoms. The van der Waals surface area contributed by atoms with Crippen molar-refractivity contribution in [1.29, 1.82) is 0 Å². The van der Waals surface area contributed by atoms with Crippen LogP contribution >= 0.6 is 24.8 Å². The van der Waals surface area contributed by atoms with E-state index in [2.05, 4.69) is 15.6 Å². The van der Waals surface area contributed by atoms with Crippen molar-refractivity contribution in [1.82, 2.24) is 15.6 Å². The zero-order chi connectivity index (χ0) is 14.4. The number of rotatable bonds is 5. The van der Waals surface area contributed by atoms with Crippen molar-refractivity contribution in [3.63, 3.8) is 0 Å². The van der Waals surface area contributed by atoms with Crippen molar-refractivity contribution >= 4 is 30.7 Å². The predicted octanol–water partition coefficient (Wildman–Crippen LogP) is 1.98. The average Bonchev–Trinajstić information content (AvgIpc) is 2.46. The molecule has 1 aliphatic rings. The van der Waals surface area contributed by atoms with E-state index in [4.69, 9.17) is 4.74 Å². The standard InChI is InChI=1S/C15H23N3O2.2ClH/c1-12-7-13(9-17-8-12)14(19)18-10-15(11-20-2)3-5-16-6-4-15;;/h7-9,16H,3-6,10-11H2,1-2H3,(H,18,19);2*1H. The number of nitrogens with one attached hydrogen (secondary N) is 2. The van der Waals surface area contributed by atoms with Crippen LogP contribution in [0.15, 0.2) is 18.5 Å². The van der Waals surface area contributed by atoms with E-state index in [-0.39, 0.29) is 36.1 Å². The first-order chi connectivity index (χ1) is 9.65. The van der Waals surface area contributed by atoms with Crippen molar-refractivity contribution < 1.29 is 9.53 Å². The fourth-order valence-electron chi connectivity index (χ4n) is 2.68. The summed E-state index contributed by atoms with van der Waals surface area (Å²) in [5.41, 5.74) is 1.66. The second kappa shape index (κ2) is 10.0. The molecule has 0 bridgehead atoms. The Kier molecular flexibility index (Phi) is 9.60. The molecule has 1 saturated heterocycles. The molecule has 1 aliphatic heterocycles. The summed E-state index contributed by atoms with van der Waals surface area (Å²) in [5.74, 6) is -0.0600. The zero-order valence-electron chi connectivity index (χ0n) is 13.1. The van der Waals surface area contributed by atoms with Crippen molar-refractivity contribution in [3.05, 3.63) is 29.6 Å². The quantitative estimate of drug-likeness (QED) is 0.853. The molecule has 0 atom stereocenters. The molecule has 2 N–H and O–H groups in total. The number of halogens is 2. The molecule has 0 aromatic carbocycles. The van der Waals surface area contributed by atoms with Crippen LogP contribution in [0.4, 0.5) is 0 Å². The molecule has 1 aromatic rings. The first kappa shape index (κ1) is 21.1. The Morgan fingerprint density at radius 3 is 2.64 bits per heavy atom. The lowest BCUT2D eigenvalue weighted by molar-refractivity contribution is 0.0511. The first-order valence-electron chi connectivity index (χ1n) is 7.05. The van der Waals surface area contributed by atoms with Crippen molar-refractivity contribution in [2.75, 3.05) is 33.4 Å². The van der Waals surface area contributed by atoms with Crippen molar-refractivity contribution in [2.24, 2.45) is 5.41 Å². The smallest absolute Gasteiger partial charge is 0.252 e. The van der Waals surface area contributed by atoms with Gasteiger partial charge in [0.15, 0.2) is 0 Å². The molecule has 5 nitrogen and oxygen atoms in total. The number of amides is 1. The lowest BCUT2D eigenvalue weighted by Gasteiger charge is -2.37. The fourth-order valence-corrected chi connectivity index (χ4v) is 2.68. The molecule has 0 saturated carbocycles. The van der Waals surface area contributed by atoms with Crippen LogP contribution in [0.25, 0.3) is 0 Å². The molecule has 126 valence electrons. The zero-order valence-corrected chi connectivity index (χ0v) is 14.7. The minimum Gasteiger partial charge on any atom is -0.384 e. The highest BCUT2D eigenvalue weighted by molar-refractivity contribution is 5.94. The number of nitrogens with zero attached hydrogens (tertiary/aromatic N) is 1. The third-order valence-corrected chi connectivity index (χ3v) is 3.88. The maximum atomic E-state index is 12.2. The Morgan fingerprint density at radius 2 is 2.05 bits per heavy atom. The molecule has 1 amide bonds. The van der Waals surface area contributed by atoms with Gasteiger partial charge in [0, 0.05) is 31.5 Å². The van der Waals surface area contributed by atoms with Crippen LogP contribution in [0, 0.1) is 12.3 Å². The third-order valence-electron chi connectivity index (χ3n) is 3.88. The number of methoxy groups -OCH3 is 1. The number of aromatic nitrogens is 1. The van der Waals surface area contributed by atoms with Gasteiger partial charge in [0.05, 0.1) is 12.2 Å². The Morgan fingerprint density at radius 1 is 1.36 bits per heavy atom. The Balaban J connectivity index is 0.00000220. The van der Waals surface area contributed by atoms with E-state index in [1.165, 1.54) is 0 Å². The number of pyridine rings is 1. The number of carbonyl (C=O) groups excluding carboxylic acids is 1. The summed E-state index contributed by atoms with van der Waals surface area (Å²) in [6, 6.07) is 1.85. The molecule has 2 heterocycles. The monoisotopic (exact) mass is 349 g/mol. The minimum absolute atomic E-state index is 0. The molecule has 0 unspecified atom stereocenters. The first-order valence-corrected chi connectivity index (χ1v) is 7.05. The molecule has 0 radical (unpaired) electrons. The van der Waals surface area contributed by atoms with E-state index in [9.17, 15) is 4.79 Å². The van der Waals surface area contributed by atoms with Gasteiger partial charge < -0.3 is 15.4 Å². The summed E-state index contributed by atoms with van der Waals surface area (Å²) in [6.45, 7) is 5.22. The average molecular weight is 350 g/mol. The second-order valence-corrected chi connectivity index (χ2v) is 5.62. The van der Waals surface area contributed by atoms with Gasteiger partial charge in [-0.2, -0.15) is 0 Å². The van der Waals surface area contributed by atoms with Gasteiger partial charge in [0.2, 0.25) is 0 Å². The number of hydrogen-bond acceptors (Lipinski definition) is 4. The fraction of sp³-hybridized carbons (Fsp3) is 0.600. The Hall–Kier alpha value is -0.880. The van der Waals surface area contributed by atoms with E-state index >= 15 is 0 Å². The summed E-state index contributed by atoms with van der Waals surface area (Å²) >= 11 is 0. The molecular weight excluding hydrogens is 325 g/mol. The molecule has 0 spiro atoms. The highest BCUT2D eigenvalue weighted by Crippen LogP contribution is 2.28. The summed E-state index contributed by atoms with van der Waals surface area (Å²) in [4.78, 5) is 16.2.